The highest BCUT2D eigenvalue weighted by molar-refractivity contribution is 14.1. The molecule has 106 valence electrons. The topological polar surface area (TPSA) is 51.5 Å². The Morgan fingerprint density at radius 3 is 2.43 bits per heavy atom. The average molecular weight is 393 g/mol. The van der Waals surface area contributed by atoms with Gasteiger partial charge in [0.1, 0.15) is 11.4 Å². The van der Waals surface area contributed by atoms with Crippen LogP contribution in [0.5, 0.6) is 5.75 Å². The van der Waals surface area contributed by atoms with Crippen LogP contribution in [0.4, 0.5) is 0 Å². The Balaban J connectivity index is 2.34. The second-order valence-electron chi connectivity index (χ2n) is 4.52. The predicted octanol–water partition coefficient (Wildman–Crippen LogP) is 3.94. The zero-order chi connectivity index (χ0) is 15.0. The number of nitrogens with zero attached hydrogens (tertiary/aromatic N) is 1. The van der Waals surface area contributed by atoms with Crippen molar-refractivity contribution in [1.82, 2.24) is 4.57 Å². The fourth-order valence-electron chi connectivity index (χ4n) is 2.39. The number of para-hydroxylation sites is 1. The molecule has 0 aliphatic heterocycles. The lowest BCUT2D eigenvalue weighted by atomic mass is 10.2. The molecule has 21 heavy (non-hydrogen) atoms. The lowest BCUT2D eigenvalue weighted by Gasteiger charge is -2.09. The van der Waals surface area contributed by atoms with E-state index in [1.165, 1.54) is 0 Å². The first kappa shape index (κ1) is 13.9. The third kappa shape index (κ3) is 2.27. The molecule has 3 rings (SSSR count). The molecule has 0 spiro atoms. The number of aromatic nitrogens is 1. The van der Waals surface area contributed by atoms with E-state index in [-0.39, 0.29) is 5.69 Å². The molecule has 0 saturated carbocycles. The number of fused-ring (bicyclic) bond motifs is 1. The molecule has 0 radical (unpaired) electrons. The number of carboxylic acids is 1. The van der Waals surface area contributed by atoms with Crippen molar-refractivity contribution in [1.29, 1.82) is 0 Å². The molecular formula is C16H12INO3. The lowest BCUT2D eigenvalue weighted by Crippen LogP contribution is -2.07. The summed E-state index contributed by atoms with van der Waals surface area (Å²) in [6, 6.07) is 15.0. The van der Waals surface area contributed by atoms with Crippen LogP contribution in [0.2, 0.25) is 0 Å². The van der Waals surface area contributed by atoms with Gasteiger partial charge in [-0.1, -0.05) is 18.2 Å². The van der Waals surface area contributed by atoms with E-state index in [2.05, 4.69) is 22.6 Å². The zero-order valence-electron chi connectivity index (χ0n) is 11.2. The highest BCUT2D eigenvalue weighted by Gasteiger charge is 2.21. The maximum absolute atomic E-state index is 11.7. The number of hydrogen-bond acceptors (Lipinski definition) is 2. The molecule has 0 atom stereocenters. The molecule has 0 saturated heterocycles. The number of carboxylic acid groups (broad SMARTS) is 1. The molecule has 5 heteroatoms. The Morgan fingerprint density at radius 1 is 1.14 bits per heavy atom. The van der Waals surface area contributed by atoms with E-state index in [4.69, 9.17) is 4.74 Å². The number of hydrogen-bond donors (Lipinski definition) is 1. The third-order valence-electron chi connectivity index (χ3n) is 3.35. The molecule has 0 aliphatic carbocycles. The Bertz CT molecular complexity index is 821. The SMILES string of the molecule is COc1ccc(-n2c(C(=O)O)c(I)c3ccccc32)cc1. The van der Waals surface area contributed by atoms with Gasteiger partial charge in [0.05, 0.1) is 16.2 Å². The molecule has 1 heterocycles. The van der Waals surface area contributed by atoms with Crippen molar-refractivity contribution in [3.63, 3.8) is 0 Å². The van der Waals surface area contributed by atoms with Crippen LogP contribution < -0.4 is 4.74 Å². The highest BCUT2D eigenvalue weighted by atomic mass is 127. The lowest BCUT2D eigenvalue weighted by molar-refractivity contribution is 0.0687. The molecule has 0 fully saturated rings. The summed E-state index contributed by atoms with van der Waals surface area (Å²) in [5, 5.41) is 10.5. The minimum Gasteiger partial charge on any atom is -0.497 e. The van der Waals surface area contributed by atoms with Gasteiger partial charge in [-0.25, -0.2) is 4.79 Å². The molecule has 0 aliphatic rings. The highest BCUT2D eigenvalue weighted by Crippen LogP contribution is 2.31. The fourth-order valence-corrected chi connectivity index (χ4v) is 3.32. The Kier molecular flexibility index (Phi) is 3.59. The second-order valence-corrected chi connectivity index (χ2v) is 5.60. The van der Waals surface area contributed by atoms with Crippen LogP contribution in [0, 0.1) is 3.57 Å². The second kappa shape index (κ2) is 5.40. The van der Waals surface area contributed by atoms with Crippen molar-refractivity contribution < 1.29 is 14.6 Å². The summed E-state index contributed by atoms with van der Waals surface area (Å²) < 4.78 is 7.65. The van der Waals surface area contributed by atoms with Crippen molar-refractivity contribution in [2.75, 3.05) is 7.11 Å². The standard InChI is InChI=1S/C16H12INO3/c1-21-11-8-6-10(7-9-11)18-13-5-3-2-4-12(13)14(17)15(18)16(19)20/h2-9H,1H3,(H,19,20). The predicted molar refractivity (Wildman–Crippen MR) is 89.5 cm³/mol. The van der Waals surface area contributed by atoms with Gasteiger partial charge in [0.25, 0.3) is 0 Å². The van der Waals surface area contributed by atoms with Crippen molar-refractivity contribution in [2.24, 2.45) is 0 Å². The van der Waals surface area contributed by atoms with Gasteiger partial charge < -0.3 is 14.4 Å². The Hall–Kier alpha value is -2.02. The van der Waals surface area contributed by atoms with Crippen LogP contribution in [-0.4, -0.2) is 22.8 Å². The van der Waals surface area contributed by atoms with E-state index in [0.717, 1.165) is 25.9 Å². The maximum atomic E-state index is 11.7. The summed E-state index contributed by atoms with van der Waals surface area (Å²) in [6.07, 6.45) is 0. The van der Waals surface area contributed by atoms with E-state index in [1.807, 2.05) is 48.5 Å². The summed E-state index contributed by atoms with van der Waals surface area (Å²) in [6.45, 7) is 0. The van der Waals surface area contributed by atoms with E-state index in [9.17, 15) is 9.90 Å². The summed E-state index contributed by atoms with van der Waals surface area (Å²) in [4.78, 5) is 11.7. The van der Waals surface area contributed by atoms with Gasteiger partial charge >= 0.3 is 5.97 Å². The van der Waals surface area contributed by atoms with Gasteiger partial charge in [-0.2, -0.15) is 0 Å². The van der Waals surface area contributed by atoms with Gasteiger partial charge in [-0.3, -0.25) is 0 Å². The van der Waals surface area contributed by atoms with E-state index >= 15 is 0 Å². The molecule has 2 aromatic carbocycles. The Labute approximate surface area is 135 Å². The zero-order valence-corrected chi connectivity index (χ0v) is 13.4. The van der Waals surface area contributed by atoms with Gasteiger partial charge in [-0.15, -0.1) is 0 Å². The minimum atomic E-state index is -0.939. The van der Waals surface area contributed by atoms with Crippen molar-refractivity contribution in [2.45, 2.75) is 0 Å². The number of rotatable bonds is 3. The summed E-state index contributed by atoms with van der Waals surface area (Å²) >= 11 is 2.09. The fraction of sp³-hybridized carbons (Fsp3) is 0.0625. The van der Waals surface area contributed by atoms with E-state index in [1.54, 1.807) is 11.7 Å². The van der Waals surface area contributed by atoms with Crippen LogP contribution in [0.1, 0.15) is 10.5 Å². The van der Waals surface area contributed by atoms with Crippen molar-refractivity contribution in [3.05, 3.63) is 57.8 Å². The number of ether oxygens (including phenoxy) is 1. The number of halogens is 1. The average Bonchev–Trinajstić information content (AvgIpc) is 2.81. The molecular weight excluding hydrogens is 381 g/mol. The molecule has 4 nitrogen and oxygen atoms in total. The number of aromatic carboxylic acids is 1. The monoisotopic (exact) mass is 393 g/mol. The summed E-state index contributed by atoms with van der Waals surface area (Å²) in [5.41, 5.74) is 1.96. The Morgan fingerprint density at radius 2 is 1.81 bits per heavy atom. The third-order valence-corrected chi connectivity index (χ3v) is 4.44. The first-order valence-corrected chi connectivity index (χ1v) is 7.38. The normalized spacial score (nSPS) is 10.8. The van der Waals surface area contributed by atoms with Crippen molar-refractivity contribution >= 4 is 39.5 Å². The largest absolute Gasteiger partial charge is 0.497 e. The quantitative estimate of drug-likeness (QED) is 0.686. The first-order valence-electron chi connectivity index (χ1n) is 6.30. The van der Waals surface area contributed by atoms with Gasteiger partial charge in [0.2, 0.25) is 0 Å². The number of methoxy groups -OCH3 is 1. The smallest absolute Gasteiger partial charge is 0.354 e. The molecule has 1 aromatic heterocycles. The molecule has 3 aromatic rings. The van der Waals surface area contributed by atoms with Gasteiger partial charge in [0, 0.05) is 11.1 Å². The summed E-state index contributed by atoms with van der Waals surface area (Å²) in [5.74, 6) is -0.201. The van der Waals surface area contributed by atoms with E-state index in [0.29, 0.717) is 0 Å². The summed E-state index contributed by atoms with van der Waals surface area (Å²) in [7, 11) is 1.60. The molecule has 0 bridgehead atoms. The van der Waals surface area contributed by atoms with E-state index < -0.39 is 5.97 Å². The van der Waals surface area contributed by atoms with Crippen LogP contribution in [0.15, 0.2) is 48.5 Å². The van der Waals surface area contributed by atoms with Crippen LogP contribution in [-0.2, 0) is 0 Å². The maximum Gasteiger partial charge on any atom is 0.354 e. The first-order chi connectivity index (χ1) is 10.1. The van der Waals surface area contributed by atoms with Crippen LogP contribution in [0.25, 0.3) is 16.6 Å². The molecule has 1 N–H and O–H groups in total. The van der Waals surface area contributed by atoms with Gasteiger partial charge in [-0.05, 0) is 52.9 Å². The molecule has 0 amide bonds. The molecule has 0 unspecified atom stereocenters. The number of benzene rings is 2. The van der Waals surface area contributed by atoms with Crippen LogP contribution in [0.3, 0.4) is 0 Å². The van der Waals surface area contributed by atoms with Crippen LogP contribution >= 0.6 is 22.6 Å². The minimum absolute atomic E-state index is 0.280. The number of carbonyl (C=O) groups is 1. The van der Waals surface area contributed by atoms with Gasteiger partial charge in [0.15, 0.2) is 0 Å². The van der Waals surface area contributed by atoms with Crippen molar-refractivity contribution in [3.8, 4) is 11.4 Å².